The number of benzene rings is 1. The Morgan fingerprint density at radius 1 is 1.33 bits per heavy atom. The fourth-order valence-electron chi connectivity index (χ4n) is 3.95. The molecule has 5 nitrogen and oxygen atoms in total. The Balaban J connectivity index is 1.58. The number of amides is 1. The van der Waals surface area contributed by atoms with Crippen molar-refractivity contribution in [3.05, 3.63) is 34.9 Å². The third-order valence-corrected chi connectivity index (χ3v) is 5.66. The summed E-state index contributed by atoms with van der Waals surface area (Å²) in [6.45, 7) is 15.8. The first-order chi connectivity index (χ1) is 12.8. The van der Waals surface area contributed by atoms with Gasteiger partial charge in [-0.15, -0.1) is 0 Å². The number of nitrogens with zero attached hydrogens (tertiary/aromatic N) is 1. The zero-order valence-corrected chi connectivity index (χ0v) is 17.3. The Hall–Kier alpha value is -1.43. The maximum atomic E-state index is 12.9. The van der Waals surface area contributed by atoms with E-state index in [0.717, 1.165) is 45.9 Å². The third-order valence-electron chi connectivity index (χ3n) is 5.66. The molecule has 150 valence electrons. The predicted octanol–water partition coefficient (Wildman–Crippen LogP) is 2.26. The van der Waals surface area contributed by atoms with Gasteiger partial charge < -0.3 is 15.4 Å². The molecular formula is C22H35N3O2. The number of nitrogens with one attached hydrogen (secondary N) is 2. The first kappa shape index (κ1) is 20.3. The summed E-state index contributed by atoms with van der Waals surface area (Å²) in [7, 11) is 0. The zero-order chi connectivity index (χ0) is 19.4. The van der Waals surface area contributed by atoms with Gasteiger partial charge in [0.1, 0.15) is 0 Å². The van der Waals surface area contributed by atoms with Gasteiger partial charge in [0.15, 0.2) is 0 Å². The second kappa shape index (κ2) is 8.72. The van der Waals surface area contributed by atoms with Crippen LogP contribution in [0.3, 0.4) is 0 Å². The average molecular weight is 374 g/mol. The molecule has 27 heavy (non-hydrogen) atoms. The summed E-state index contributed by atoms with van der Waals surface area (Å²) in [5, 5.41) is 6.61. The van der Waals surface area contributed by atoms with Crippen LogP contribution in [0.25, 0.3) is 0 Å². The molecule has 2 unspecified atom stereocenters. The number of carbonyl (C=O) groups is 1. The van der Waals surface area contributed by atoms with Gasteiger partial charge in [-0.2, -0.15) is 0 Å². The molecular weight excluding hydrogens is 338 g/mol. The quantitative estimate of drug-likeness (QED) is 0.831. The second-order valence-corrected chi connectivity index (χ2v) is 9.11. The molecule has 2 atom stereocenters. The SMILES string of the molecule is CC(CNC(=O)C1CNCc2cc(C(C)(C)C)ccc21)CN1CCOCC1. The number of rotatable bonds is 5. The number of carbonyl (C=O) groups excluding carboxylic acids is 1. The number of hydrogen-bond donors (Lipinski definition) is 2. The van der Waals surface area contributed by atoms with Gasteiger partial charge in [-0.1, -0.05) is 45.9 Å². The molecule has 1 fully saturated rings. The molecule has 2 aliphatic rings. The number of morpholine rings is 1. The summed E-state index contributed by atoms with van der Waals surface area (Å²) in [4.78, 5) is 15.3. The van der Waals surface area contributed by atoms with Crippen LogP contribution in [0.2, 0.25) is 0 Å². The highest BCUT2D eigenvalue weighted by Crippen LogP contribution is 2.30. The molecule has 2 N–H and O–H groups in total. The normalized spacial score (nSPS) is 22.1. The van der Waals surface area contributed by atoms with E-state index in [-0.39, 0.29) is 17.2 Å². The van der Waals surface area contributed by atoms with Crippen molar-refractivity contribution in [1.29, 1.82) is 0 Å². The van der Waals surface area contributed by atoms with E-state index in [4.69, 9.17) is 4.74 Å². The van der Waals surface area contributed by atoms with Crippen LogP contribution < -0.4 is 10.6 Å². The van der Waals surface area contributed by atoms with Gasteiger partial charge in [0.2, 0.25) is 5.91 Å². The highest BCUT2D eigenvalue weighted by Gasteiger charge is 2.28. The van der Waals surface area contributed by atoms with Crippen molar-refractivity contribution in [1.82, 2.24) is 15.5 Å². The van der Waals surface area contributed by atoms with Crippen molar-refractivity contribution in [2.45, 2.75) is 45.6 Å². The van der Waals surface area contributed by atoms with Gasteiger partial charge in [0.05, 0.1) is 19.1 Å². The topological polar surface area (TPSA) is 53.6 Å². The zero-order valence-electron chi connectivity index (χ0n) is 17.3. The van der Waals surface area contributed by atoms with Gasteiger partial charge >= 0.3 is 0 Å². The number of ether oxygens (including phenoxy) is 1. The van der Waals surface area contributed by atoms with Crippen LogP contribution in [0.4, 0.5) is 0 Å². The second-order valence-electron chi connectivity index (χ2n) is 9.11. The van der Waals surface area contributed by atoms with E-state index in [1.165, 1.54) is 16.7 Å². The molecule has 2 aliphatic heterocycles. The molecule has 1 aromatic carbocycles. The van der Waals surface area contributed by atoms with Crippen molar-refractivity contribution in [2.75, 3.05) is 45.9 Å². The standard InChI is InChI=1S/C22H35N3O2/c1-16(15-25-7-9-27-10-8-25)12-24-21(26)20-14-23-13-17-11-18(22(2,3)4)5-6-19(17)20/h5-6,11,16,20,23H,7-10,12-15H2,1-4H3,(H,24,26). The van der Waals surface area contributed by atoms with Crippen molar-refractivity contribution < 1.29 is 9.53 Å². The van der Waals surface area contributed by atoms with Gasteiger partial charge in [-0.3, -0.25) is 9.69 Å². The smallest absolute Gasteiger partial charge is 0.228 e. The molecule has 3 rings (SSSR count). The molecule has 1 saturated heterocycles. The first-order valence-corrected chi connectivity index (χ1v) is 10.3. The maximum Gasteiger partial charge on any atom is 0.228 e. The van der Waals surface area contributed by atoms with Crippen molar-refractivity contribution in [3.8, 4) is 0 Å². The van der Waals surface area contributed by atoms with E-state index >= 15 is 0 Å². The predicted molar refractivity (Wildman–Crippen MR) is 109 cm³/mol. The summed E-state index contributed by atoms with van der Waals surface area (Å²) in [6.07, 6.45) is 0. The Morgan fingerprint density at radius 3 is 2.78 bits per heavy atom. The Bertz CT molecular complexity index is 647. The lowest BCUT2D eigenvalue weighted by Crippen LogP contribution is -2.43. The van der Waals surface area contributed by atoms with Gasteiger partial charge in [-0.05, 0) is 28.0 Å². The molecule has 1 amide bonds. The molecule has 0 aliphatic carbocycles. The Morgan fingerprint density at radius 2 is 2.07 bits per heavy atom. The van der Waals surface area contributed by atoms with E-state index < -0.39 is 0 Å². The molecule has 0 radical (unpaired) electrons. The molecule has 1 aromatic rings. The van der Waals surface area contributed by atoms with E-state index in [9.17, 15) is 4.79 Å². The molecule has 0 aromatic heterocycles. The highest BCUT2D eigenvalue weighted by atomic mass is 16.5. The van der Waals surface area contributed by atoms with Gasteiger partial charge in [0.25, 0.3) is 0 Å². The highest BCUT2D eigenvalue weighted by molar-refractivity contribution is 5.84. The van der Waals surface area contributed by atoms with Crippen LogP contribution in [0.15, 0.2) is 18.2 Å². The lowest BCUT2D eigenvalue weighted by atomic mass is 9.82. The monoisotopic (exact) mass is 373 g/mol. The fourth-order valence-corrected chi connectivity index (χ4v) is 3.95. The van der Waals surface area contributed by atoms with E-state index in [2.05, 4.69) is 61.4 Å². The molecule has 5 heteroatoms. The largest absolute Gasteiger partial charge is 0.379 e. The van der Waals surface area contributed by atoms with Crippen molar-refractivity contribution >= 4 is 5.91 Å². The van der Waals surface area contributed by atoms with Crippen LogP contribution in [0.1, 0.15) is 50.3 Å². The van der Waals surface area contributed by atoms with Crippen LogP contribution >= 0.6 is 0 Å². The first-order valence-electron chi connectivity index (χ1n) is 10.3. The molecule has 0 spiro atoms. The fraction of sp³-hybridized carbons (Fsp3) is 0.682. The Labute approximate surface area is 163 Å². The summed E-state index contributed by atoms with van der Waals surface area (Å²) < 4.78 is 5.40. The van der Waals surface area contributed by atoms with E-state index in [1.54, 1.807) is 0 Å². The van der Waals surface area contributed by atoms with Crippen LogP contribution in [0.5, 0.6) is 0 Å². The van der Waals surface area contributed by atoms with Crippen molar-refractivity contribution in [3.63, 3.8) is 0 Å². The minimum absolute atomic E-state index is 0.0987. The summed E-state index contributed by atoms with van der Waals surface area (Å²) >= 11 is 0. The lowest BCUT2D eigenvalue weighted by molar-refractivity contribution is -0.122. The molecule has 2 heterocycles. The summed E-state index contributed by atoms with van der Waals surface area (Å²) in [6, 6.07) is 6.62. The van der Waals surface area contributed by atoms with Crippen LogP contribution in [-0.2, 0) is 21.5 Å². The lowest BCUT2D eigenvalue weighted by Gasteiger charge is -2.30. The third kappa shape index (κ3) is 5.31. The van der Waals surface area contributed by atoms with Crippen LogP contribution in [-0.4, -0.2) is 56.7 Å². The average Bonchev–Trinajstić information content (AvgIpc) is 2.65. The maximum absolute atomic E-state index is 12.9. The van der Waals surface area contributed by atoms with Gasteiger partial charge in [-0.25, -0.2) is 0 Å². The van der Waals surface area contributed by atoms with Crippen molar-refractivity contribution in [2.24, 2.45) is 5.92 Å². The minimum Gasteiger partial charge on any atom is -0.379 e. The summed E-state index contributed by atoms with van der Waals surface area (Å²) in [5.41, 5.74) is 3.89. The minimum atomic E-state index is -0.0987. The van der Waals surface area contributed by atoms with E-state index in [1.807, 2.05) is 0 Å². The number of fused-ring (bicyclic) bond motifs is 1. The van der Waals surface area contributed by atoms with Crippen LogP contribution in [0, 0.1) is 5.92 Å². The van der Waals surface area contributed by atoms with E-state index in [0.29, 0.717) is 12.5 Å². The van der Waals surface area contributed by atoms with Gasteiger partial charge in [0, 0.05) is 39.3 Å². The summed E-state index contributed by atoms with van der Waals surface area (Å²) in [5.74, 6) is 0.477. The number of hydrogen-bond acceptors (Lipinski definition) is 4. The molecule has 0 saturated carbocycles. The molecule has 0 bridgehead atoms. The Kier molecular flexibility index (Phi) is 6.56.